The van der Waals surface area contributed by atoms with E-state index >= 15 is 0 Å². The molecule has 36 heavy (non-hydrogen) atoms. The summed E-state index contributed by atoms with van der Waals surface area (Å²) < 4.78 is 2.00. The molecule has 0 spiro atoms. The third-order valence-corrected chi connectivity index (χ3v) is 11.9. The van der Waals surface area contributed by atoms with Gasteiger partial charge in [-0.15, -0.1) is 0 Å². The lowest BCUT2D eigenvalue weighted by atomic mass is 9.43. The number of rotatable bonds is 8. The molecule has 3 unspecified atom stereocenters. The molecule has 5 heteroatoms. The topological polar surface area (TPSA) is 57.9 Å². The summed E-state index contributed by atoms with van der Waals surface area (Å²) in [6, 6.07) is 2.17. The van der Waals surface area contributed by atoms with Gasteiger partial charge in [0, 0.05) is 12.7 Å². The molecule has 4 aliphatic rings. The minimum absolute atomic E-state index is 0.0464. The third kappa shape index (κ3) is 4.35. The molecule has 2 N–H and O–H groups in total. The van der Waals surface area contributed by atoms with Gasteiger partial charge >= 0.3 is 0 Å². The number of aliphatic hydroxyl groups excluding tert-OH is 1. The zero-order chi connectivity index (χ0) is 25.7. The molecule has 0 amide bonds. The van der Waals surface area contributed by atoms with Crippen molar-refractivity contribution in [2.45, 2.75) is 110 Å². The van der Waals surface area contributed by atoms with Crippen molar-refractivity contribution in [1.29, 1.82) is 0 Å². The van der Waals surface area contributed by atoms with Gasteiger partial charge in [-0.3, -0.25) is 0 Å². The number of fused-ring (bicyclic) bond motifs is 5. The van der Waals surface area contributed by atoms with Crippen LogP contribution in [0.1, 0.15) is 95.7 Å². The van der Waals surface area contributed by atoms with Gasteiger partial charge in [-0.1, -0.05) is 13.8 Å². The fourth-order valence-electron chi connectivity index (χ4n) is 9.58. The van der Waals surface area contributed by atoms with Crippen molar-refractivity contribution in [3.05, 3.63) is 23.5 Å². The summed E-state index contributed by atoms with van der Waals surface area (Å²) in [6.07, 6.45) is 15.4. The van der Waals surface area contributed by atoms with E-state index in [0.29, 0.717) is 35.7 Å². The molecule has 5 rings (SSSR count). The van der Waals surface area contributed by atoms with E-state index in [9.17, 15) is 10.2 Å². The summed E-state index contributed by atoms with van der Waals surface area (Å²) in [5, 5.41) is 22.8. The molecule has 0 bridgehead atoms. The van der Waals surface area contributed by atoms with Gasteiger partial charge in [-0.05, 0) is 144 Å². The maximum Gasteiger partial charge on any atom is 0.127 e. The number of aliphatic hydroxyl groups is 2. The molecule has 1 aromatic heterocycles. The number of likely N-dealkylation sites (N-methyl/N-ethyl adjacent to an activating group) is 1. The summed E-state index contributed by atoms with van der Waals surface area (Å²) >= 11 is 0. The fourth-order valence-corrected chi connectivity index (χ4v) is 9.58. The molecule has 5 nitrogen and oxygen atoms in total. The van der Waals surface area contributed by atoms with Crippen molar-refractivity contribution >= 4 is 0 Å². The second-order valence-electron chi connectivity index (χ2n) is 13.8. The monoisotopic (exact) mass is 500 g/mol. The summed E-state index contributed by atoms with van der Waals surface area (Å²) in [7, 11) is 4.15. The highest BCUT2D eigenvalue weighted by atomic mass is 16.7. The van der Waals surface area contributed by atoms with E-state index in [-0.39, 0.29) is 11.5 Å². The van der Waals surface area contributed by atoms with Crippen molar-refractivity contribution in [3.8, 4) is 0 Å². The first-order chi connectivity index (χ1) is 17.1. The van der Waals surface area contributed by atoms with Gasteiger partial charge in [0.15, 0.2) is 0 Å². The van der Waals surface area contributed by atoms with Gasteiger partial charge in [-0.25, -0.2) is 0 Å². The third-order valence-electron chi connectivity index (χ3n) is 11.9. The fraction of sp³-hybridized carbons (Fsp3) is 0.871. The van der Waals surface area contributed by atoms with Gasteiger partial charge < -0.3 is 20.0 Å². The number of aromatic nitrogens is 1. The van der Waals surface area contributed by atoms with E-state index < -0.39 is 5.60 Å². The first kappa shape index (κ1) is 26.6. The minimum atomic E-state index is -0.504. The molecular weight excluding hydrogens is 448 g/mol. The molecule has 8 atom stereocenters. The first-order valence-electron chi connectivity index (χ1n) is 14.9. The van der Waals surface area contributed by atoms with Crippen LogP contribution in [0, 0.1) is 41.4 Å². The standard InChI is InChI=1S/C31H52N2O3/c1-22-14-18-33(36-20-19-32(4)5)28(22)8-6-7-23-11-17-31(35)27-10-9-24-21-25(34)12-15-29(24,2)26(27)13-16-30(23,31)3/h14,18,23-27,34-35H,6-13,15-17,19-21H2,1-5H3/t23?,24?,25?,26-,27-,29+,30-,31-/m1/s1. The maximum absolute atomic E-state index is 12.4. The predicted molar refractivity (Wildman–Crippen MR) is 145 cm³/mol. The Morgan fingerprint density at radius 2 is 1.86 bits per heavy atom. The summed E-state index contributed by atoms with van der Waals surface area (Å²) in [4.78, 5) is 8.20. The zero-order valence-corrected chi connectivity index (χ0v) is 23.6. The van der Waals surface area contributed by atoms with Gasteiger partial charge in [0.25, 0.3) is 0 Å². The quantitative estimate of drug-likeness (QED) is 0.512. The Labute approximate surface area is 219 Å². The van der Waals surface area contributed by atoms with Crippen LogP contribution in [0.3, 0.4) is 0 Å². The molecule has 0 radical (unpaired) electrons. The Hall–Kier alpha value is -1.04. The van der Waals surface area contributed by atoms with Crippen LogP contribution in [0.15, 0.2) is 12.3 Å². The predicted octanol–water partition coefficient (Wildman–Crippen LogP) is 5.24. The maximum atomic E-state index is 12.4. The van der Waals surface area contributed by atoms with E-state index in [1.807, 2.05) is 4.73 Å². The summed E-state index contributed by atoms with van der Waals surface area (Å²) in [5.74, 6) is 2.33. The van der Waals surface area contributed by atoms with E-state index in [0.717, 1.165) is 51.5 Å². The van der Waals surface area contributed by atoms with Crippen LogP contribution >= 0.6 is 0 Å². The van der Waals surface area contributed by atoms with Crippen LogP contribution < -0.4 is 4.84 Å². The van der Waals surface area contributed by atoms with E-state index in [1.54, 1.807) is 0 Å². The molecule has 4 saturated carbocycles. The smallest absolute Gasteiger partial charge is 0.127 e. The van der Waals surface area contributed by atoms with Gasteiger partial charge in [0.1, 0.15) is 6.61 Å². The van der Waals surface area contributed by atoms with E-state index in [1.165, 1.54) is 43.4 Å². The summed E-state index contributed by atoms with van der Waals surface area (Å²) in [6.45, 7) is 8.76. The second-order valence-corrected chi connectivity index (χ2v) is 13.8. The Kier molecular flexibility index (Phi) is 7.33. The molecule has 4 fully saturated rings. The van der Waals surface area contributed by atoms with Crippen molar-refractivity contribution in [3.63, 3.8) is 0 Å². The lowest BCUT2D eigenvalue weighted by Crippen LogP contribution is -2.62. The van der Waals surface area contributed by atoms with Crippen molar-refractivity contribution in [2.75, 3.05) is 27.2 Å². The molecule has 0 aliphatic heterocycles. The molecule has 0 saturated heterocycles. The number of hydrogen-bond acceptors (Lipinski definition) is 4. The number of hydrogen-bond donors (Lipinski definition) is 2. The van der Waals surface area contributed by atoms with Crippen molar-refractivity contribution in [2.24, 2.45) is 34.5 Å². The van der Waals surface area contributed by atoms with E-state index in [4.69, 9.17) is 4.84 Å². The molecular formula is C31H52N2O3. The Bertz CT molecular complexity index is 914. The van der Waals surface area contributed by atoms with Crippen LogP contribution in [0.25, 0.3) is 0 Å². The average molecular weight is 501 g/mol. The highest BCUT2D eigenvalue weighted by molar-refractivity contribution is 5.20. The summed E-state index contributed by atoms with van der Waals surface area (Å²) in [5.41, 5.74) is 2.48. The normalized spacial score (nSPS) is 42.2. The van der Waals surface area contributed by atoms with Crippen molar-refractivity contribution in [1.82, 2.24) is 9.63 Å². The van der Waals surface area contributed by atoms with Crippen LogP contribution in [0.4, 0.5) is 0 Å². The molecule has 4 aliphatic carbocycles. The zero-order valence-electron chi connectivity index (χ0n) is 23.6. The van der Waals surface area contributed by atoms with Gasteiger partial charge in [0.2, 0.25) is 0 Å². The Morgan fingerprint density at radius 3 is 2.64 bits per heavy atom. The molecule has 0 aromatic carbocycles. The van der Waals surface area contributed by atoms with Crippen LogP contribution in [0.2, 0.25) is 0 Å². The number of aryl methyl sites for hydroxylation is 1. The van der Waals surface area contributed by atoms with Crippen LogP contribution in [-0.4, -0.2) is 58.8 Å². The molecule has 1 aromatic rings. The van der Waals surface area contributed by atoms with Crippen molar-refractivity contribution < 1.29 is 15.1 Å². The largest absolute Gasteiger partial charge is 0.413 e. The van der Waals surface area contributed by atoms with E-state index in [2.05, 4.69) is 52.0 Å². The second kappa shape index (κ2) is 9.93. The van der Waals surface area contributed by atoms with Gasteiger partial charge in [0.05, 0.1) is 17.4 Å². The highest BCUT2D eigenvalue weighted by Crippen LogP contribution is 2.69. The van der Waals surface area contributed by atoms with Crippen LogP contribution in [-0.2, 0) is 6.42 Å². The molecule has 1 heterocycles. The van der Waals surface area contributed by atoms with Gasteiger partial charge in [-0.2, -0.15) is 4.73 Å². The lowest BCUT2D eigenvalue weighted by Gasteiger charge is -2.63. The SMILES string of the molecule is Cc1ccn(OCCN(C)C)c1CCCC1CC[C@@]2(O)[C@@H]3CCC4CC(O)CC[C@]4(C)[C@@H]3CC[C@]12C. The first-order valence-corrected chi connectivity index (χ1v) is 14.9. The average Bonchev–Trinajstić information content (AvgIpc) is 3.31. The Morgan fingerprint density at radius 1 is 1.06 bits per heavy atom. The minimum Gasteiger partial charge on any atom is -0.413 e. The Balaban J connectivity index is 1.23. The number of nitrogens with zero attached hydrogens (tertiary/aromatic N) is 2. The van der Waals surface area contributed by atoms with Crippen LogP contribution in [0.5, 0.6) is 0 Å². The highest BCUT2D eigenvalue weighted by Gasteiger charge is 2.66. The molecule has 204 valence electrons. The lowest BCUT2D eigenvalue weighted by molar-refractivity contribution is -0.210.